The minimum atomic E-state index is -0.412. The minimum Gasteiger partial charge on any atom is -0.506 e. The van der Waals surface area contributed by atoms with Gasteiger partial charge >= 0.3 is 0 Å². The summed E-state index contributed by atoms with van der Waals surface area (Å²) in [6, 6.07) is 24.3. The number of carbonyl (C=O) groups excluding carboxylic acids is 1. The van der Waals surface area contributed by atoms with Crippen LogP contribution in [0.25, 0.3) is 28.2 Å². The number of amides is 1. The van der Waals surface area contributed by atoms with Crippen LogP contribution in [0, 0.1) is 0 Å². The number of hydrogen-bond donors (Lipinski definition) is 3. The number of rotatable bonds is 4. The first-order valence-corrected chi connectivity index (χ1v) is 9.67. The van der Waals surface area contributed by atoms with Crippen molar-refractivity contribution >= 4 is 45.8 Å². The first-order valence-electron chi connectivity index (χ1n) is 9.26. The lowest BCUT2D eigenvalue weighted by Gasteiger charge is -2.12. The van der Waals surface area contributed by atoms with Crippen molar-refractivity contribution in [1.82, 2.24) is 5.32 Å². The molecule has 4 rings (SSSR count). The maximum atomic E-state index is 12.2. The largest absolute Gasteiger partial charge is 0.506 e. The van der Waals surface area contributed by atoms with E-state index >= 15 is 0 Å². The molecule has 30 heavy (non-hydrogen) atoms. The van der Waals surface area contributed by atoms with Crippen LogP contribution in [0.15, 0.2) is 89.4 Å². The Labute approximate surface area is 178 Å². The van der Waals surface area contributed by atoms with E-state index in [0.717, 1.165) is 22.1 Å². The average molecular weight is 414 g/mol. The average Bonchev–Trinajstić information content (AvgIpc) is 3.24. The van der Waals surface area contributed by atoms with Crippen LogP contribution in [0.2, 0.25) is 0 Å². The number of thiocarbonyl (C=S) groups is 1. The summed E-state index contributed by atoms with van der Waals surface area (Å²) >= 11 is 5.22. The summed E-state index contributed by atoms with van der Waals surface area (Å²) in [7, 11) is 0. The van der Waals surface area contributed by atoms with Crippen LogP contribution in [0.3, 0.4) is 0 Å². The van der Waals surface area contributed by atoms with Gasteiger partial charge in [-0.1, -0.05) is 60.7 Å². The predicted molar refractivity (Wildman–Crippen MR) is 123 cm³/mol. The van der Waals surface area contributed by atoms with Gasteiger partial charge in [-0.3, -0.25) is 10.1 Å². The molecule has 0 radical (unpaired) electrons. The molecule has 148 valence electrons. The normalized spacial score (nSPS) is 10.9. The lowest BCUT2D eigenvalue weighted by Crippen LogP contribution is -2.32. The van der Waals surface area contributed by atoms with E-state index in [1.807, 2.05) is 66.7 Å². The van der Waals surface area contributed by atoms with Gasteiger partial charge in [-0.15, -0.1) is 0 Å². The number of phenolic OH excluding ortho intramolecular Hbond substituents is 1. The molecule has 0 aliphatic heterocycles. The Bertz CT molecular complexity index is 1250. The summed E-state index contributed by atoms with van der Waals surface area (Å²) < 4.78 is 5.74. The van der Waals surface area contributed by atoms with Crippen LogP contribution in [0.5, 0.6) is 5.75 Å². The Balaban J connectivity index is 1.41. The zero-order chi connectivity index (χ0) is 20.9. The highest BCUT2D eigenvalue weighted by molar-refractivity contribution is 7.80. The molecule has 1 heterocycles. The van der Waals surface area contributed by atoms with Gasteiger partial charge in [0.2, 0.25) is 5.91 Å². The van der Waals surface area contributed by atoms with E-state index in [9.17, 15) is 9.90 Å². The summed E-state index contributed by atoms with van der Waals surface area (Å²) in [6.07, 6.45) is 2.91. The highest BCUT2D eigenvalue weighted by atomic mass is 32.1. The fourth-order valence-electron chi connectivity index (χ4n) is 3.05. The van der Waals surface area contributed by atoms with E-state index in [1.165, 1.54) is 6.08 Å². The van der Waals surface area contributed by atoms with Crippen molar-refractivity contribution in [2.45, 2.75) is 0 Å². The van der Waals surface area contributed by atoms with Crippen LogP contribution in [0.4, 0.5) is 5.69 Å². The van der Waals surface area contributed by atoms with Gasteiger partial charge < -0.3 is 14.8 Å². The summed E-state index contributed by atoms with van der Waals surface area (Å²) in [6.45, 7) is 0. The molecule has 1 amide bonds. The third-order valence-corrected chi connectivity index (χ3v) is 4.67. The van der Waals surface area contributed by atoms with Gasteiger partial charge in [-0.05, 0) is 41.9 Å². The second-order valence-corrected chi connectivity index (χ2v) is 6.93. The van der Waals surface area contributed by atoms with Crippen molar-refractivity contribution in [2.75, 3.05) is 5.32 Å². The molecule has 0 aliphatic carbocycles. The standard InChI is InChI=1S/C24H18N2O3S/c27-20-13-10-16-6-4-5-9-19(16)23(20)26-24(30)25-22(28)15-12-18-11-14-21(29-18)17-7-2-1-3-8-17/h1-15,27H,(H2,25,26,28,30)/b15-12+. The third-order valence-electron chi connectivity index (χ3n) is 4.47. The van der Waals surface area contributed by atoms with Crippen molar-refractivity contribution in [3.63, 3.8) is 0 Å². The monoisotopic (exact) mass is 414 g/mol. The van der Waals surface area contributed by atoms with Gasteiger partial charge in [-0.2, -0.15) is 0 Å². The van der Waals surface area contributed by atoms with Crippen molar-refractivity contribution in [3.05, 3.63) is 90.7 Å². The predicted octanol–water partition coefficient (Wildman–Crippen LogP) is 5.33. The number of phenols is 1. The van der Waals surface area contributed by atoms with Crippen molar-refractivity contribution in [2.24, 2.45) is 0 Å². The molecule has 0 saturated carbocycles. The van der Waals surface area contributed by atoms with Gasteiger partial charge in [-0.25, -0.2) is 0 Å². The van der Waals surface area contributed by atoms with Crippen molar-refractivity contribution < 1.29 is 14.3 Å². The molecular formula is C24H18N2O3S. The van der Waals surface area contributed by atoms with Gasteiger partial charge in [0.05, 0.1) is 5.69 Å². The van der Waals surface area contributed by atoms with Crippen LogP contribution in [-0.2, 0) is 4.79 Å². The second kappa shape index (κ2) is 8.63. The van der Waals surface area contributed by atoms with Crippen LogP contribution in [0.1, 0.15) is 5.76 Å². The van der Waals surface area contributed by atoms with Crippen LogP contribution >= 0.6 is 12.2 Å². The van der Waals surface area contributed by atoms with E-state index in [2.05, 4.69) is 10.6 Å². The molecular weight excluding hydrogens is 396 g/mol. The maximum Gasteiger partial charge on any atom is 0.250 e. The maximum absolute atomic E-state index is 12.2. The lowest BCUT2D eigenvalue weighted by molar-refractivity contribution is -0.115. The zero-order valence-electron chi connectivity index (χ0n) is 15.8. The van der Waals surface area contributed by atoms with Crippen LogP contribution in [-0.4, -0.2) is 16.1 Å². The Morgan fingerprint density at radius 1 is 0.933 bits per heavy atom. The van der Waals surface area contributed by atoms with Gasteiger partial charge in [0.15, 0.2) is 5.11 Å². The SMILES string of the molecule is O=C(/C=C/c1ccc(-c2ccccc2)o1)NC(=S)Nc1c(O)ccc2ccccc12. The summed E-state index contributed by atoms with van der Waals surface area (Å²) in [5.74, 6) is 0.906. The topological polar surface area (TPSA) is 74.5 Å². The molecule has 3 aromatic carbocycles. The molecule has 0 bridgehead atoms. The van der Waals surface area contributed by atoms with Crippen molar-refractivity contribution in [1.29, 1.82) is 0 Å². The smallest absolute Gasteiger partial charge is 0.250 e. The number of nitrogens with one attached hydrogen (secondary N) is 2. The minimum absolute atomic E-state index is 0.0462. The number of aromatic hydroxyl groups is 1. The summed E-state index contributed by atoms with van der Waals surface area (Å²) in [5.41, 5.74) is 1.41. The highest BCUT2D eigenvalue weighted by Crippen LogP contribution is 2.32. The van der Waals surface area contributed by atoms with E-state index < -0.39 is 5.91 Å². The van der Waals surface area contributed by atoms with Crippen molar-refractivity contribution in [3.8, 4) is 17.1 Å². The van der Waals surface area contributed by atoms with Crippen LogP contribution < -0.4 is 10.6 Å². The Morgan fingerprint density at radius 3 is 2.53 bits per heavy atom. The van der Waals surface area contributed by atoms with E-state index in [-0.39, 0.29) is 10.9 Å². The zero-order valence-corrected chi connectivity index (χ0v) is 16.6. The molecule has 0 atom stereocenters. The van der Waals surface area contributed by atoms with Gasteiger partial charge in [0, 0.05) is 17.0 Å². The molecule has 0 spiro atoms. The molecule has 5 nitrogen and oxygen atoms in total. The van der Waals surface area contributed by atoms with E-state index in [1.54, 1.807) is 18.2 Å². The Hall–Kier alpha value is -3.90. The molecule has 0 aliphatic rings. The highest BCUT2D eigenvalue weighted by Gasteiger charge is 2.10. The number of benzene rings is 3. The number of furan rings is 1. The molecule has 3 N–H and O–H groups in total. The molecule has 0 saturated heterocycles. The number of carbonyl (C=O) groups is 1. The quantitative estimate of drug-likeness (QED) is 0.239. The molecule has 6 heteroatoms. The number of anilines is 1. The number of hydrogen-bond acceptors (Lipinski definition) is 4. The first kappa shape index (κ1) is 19.4. The van der Waals surface area contributed by atoms with Gasteiger partial charge in [0.1, 0.15) is 17.3 Å². The Kier molecular flexibility index (Phi) is 5.59. The van der Waals surface area contributed by atoms with E-state index in [0.29, 0.717) is 11.4 Å². The first-order chi connectivity index (χ1) is 14.6. The third kappa shape index (κ3) is 4.39. The lowest BCUT2D eigenvalue weighted by atomic mass is 10.1. The Morgan fingerprint density at radius 2 is 1.70 bits per heavy atom. The summed E-state index contributed by atoms with van der Waals surface area (Å²) in [4.78, 5) is 12.2. The molecule has 0 fully saturated rings. The number of fused-ring (bicyclic) bond motifs is 1. The fraction of sp³-hybridized carbons (Fsp3) is 0. The molecule has 1 aromatic heterocycles. The fourth-order valence-corrected chi connectivity index (χ4v) is 3.25. The molecule has 4 aromatic rings. The second-order valence-electron chi connectivity index (χ2n) is 6.53. The molecule has 0 unspecified atom stereocenters. The summed E-state index contributed by atoms with van der Waals surface area (Å²) in [5, 5.41) is 17.5. The van der Waals surface area contributed by atoms with E-state index in [4.69, 9.17) is 16.6 Å². The van der Waals surface area contributed by atoms with Gasteiger partial charge in [0.25, 0.3) is 0 Å².